The molecule has 0 saturated heterocycles. The van der Waals surface area contributed by atoms with Crippen LogP contribution >= 0.6 is 0 Å². The minimum absolute atomic E-state index is 0.153. The van der Waals surface area contributed by atoms with Crippen molar-refractivity contribution in [2.45, 2.75) is 12.5 Å². The Hall–Kier alpha value is -2.20. The molecule has 1 amide bonds. The first kappa shape index (κ1) is 11.9. The molecule has 3 rings (SSSR count). The number of hydrogen-bond acceptors (Lipinski definition) is 3. The van der Waals surface area contributed by atoms with E-state index < -0.39 is 6.10 Å². The average molecular weight is 254 g/mol. The van der Waals surface area contributed by atoms with Crippen molar-refractivity contribution in [3.63, 3.8) is 0 Å². The van der Waals surface area contributed by atoms with E-state index in [9.17, 15) is 4.79 Å². The molecule has 1 atom stereocenters. The van der Waals surface area contributed by atoms with Gasteiger partial charge in [-0.3, -0.25) is 9.78 Å². The summed E-state index contributed by atoms with van der Waals surface area (Å²) in [6.45, 7) is 0.572. The van der Waals surface area contributed by atoms with E-state index in [1.165, 1.54) is 5.56 Å². The molecule has 4 heteroatoms. The zero-order valence-electron chi connectivity index (χ0n) is 10.4. The monoisotopic (exact) mass is 254 g/mol. The fourth-order valence-corrected chi connectivity index (χ4v) is 2.26. The Morgan fingerprint density at radius 1 is 1.26 bits per heavy atom. The number of ether oxygens (including phenoxy) is 1. The molecule has 2 heterocycles. The molecule has 0 unspecified atom stereocenters. The lowest BCUT2D eigenvalue weighted by Gasteiger charge is -2.25. The Bertz CT molecular complexity index is 584. The quantitative estimate of drug-likeness (QED) is 0.894. The Morgan fingerprint density at radius 3 is 3.00 bits per heavy atom. The van der Waals surface area contributed by atoms with E-state index in [1.807, 2.05) is 24.3 Å². The Morgan fingerprint density at radius 2 is 2.16 bits per heavy atom. The molecule has 19 heavy (non-hydrogen) atoms. The number of nitrogens with zero attached hydrogens (tertiary/aromatic N) is 1. The average Bonchev–Trinajstić information content (AvgIpc) is 2.47. The van der Waals surface area contributed by atoms with Crippen molar-refractivity contribution in [1.82, 2.24) is 4.98 Å². The van der Waals surface area contributed by atoms with Gasteiger partial charge in [0.05, 0.1) is 18.5 Å². The van der Waals surface area contributed by atoms with Gasteiger partial charge in [0, 0.05) is 6.20 Å². The summed E-state index contributed by atoms with van der Waals surface area (Å²) >= 11 is 0. The molecule has 1 aromatic carbocycles. The van der Waals surface area contributed by atoms with Crippen LogP contribution in [0.25, 0.3) is 0 Å². The van der Waals surface area contributed by atoms with E-state index in [1.54, 1.807) is 24.5 Å². The molecule has 0 aliphatic carbocycles. The number of pyridine rings is 1. The number of carbonyl (C=O) groups excluding carboxylic acids is 1. The maximum atomic E-state index is 12.3. The molecule has 1 aliphatic rings. The van der Waals surface area contributed by atoms with Crippen molar-refractivity contribution in [2.75, 3.05) is 11.9 Å². The van der Waals surface area contributed by atoms with Gasteiger partial charge in [-0.05, 0) is 29.7 Å². The summed E-state index contributed by atoms with van der Waals surface area (Å²) in [5.41, 5.74) is 2.81. The fourth-order valence-electron chi connectivity index (χ4n) is 2.26. The number of anilines is 1. The third-order valence-electron chi connectivity index (χ3n) is 3.16. The molecule has 0 radical (unpaired) electrons. The first-order chi connectivity index (χ1) is 9.34. The van der Waals surface area contributed by atoms with Crippen molar-refractivity contribution < 1.29 is 9.53 Å². The van der Waals surface area contributed by atoms with E-state index in [-0.39, 0.29) is 5.91 Å². The van der Waals surface area contributed by atoms with E-state index in [2.05, 4.69) is 10.3 Å². The molecular weight excluding hydrogens is 240 g/mol. The molecule has 1 N–H and O–H groups in total. The van der Waals surface area contributed by atoms with Gasteiger partial charge in [0.15, 0.2) is 6.10 Å². The lowest BCUT2D eigenvalue weighted by atomic mass is 9.97. The van der Waals surface area contributed by atoms with Crippen LogP contribution in [0.4, 0.5) is 5.69 Å². The molecular formula is C15H14N2O2. The van der Waals surface area contributed by atoms with Gasteiger partial charge in [-0.2, -0.15) is 0 Å². The second-order valence-electron chi connectivity index (χ2n) is 4.43. The Balaban J connectivity index is 1.82. The molecule has 1 aromatic heterocycles. The number of hydrogen-bond donors (Lipinski definition) is 1. The van der Waals surface area contributed by atoms with Crippen LogP contribution in [0.5, 0.6) is 0 Å². The maximum absolute atomic E-state index is 12.3. The number of nitrogens with one attached hydrogen (secondary N) is 1. The topological polar surface area (TPSA) is 51.2 Å². The molecule has 96 valence electrons. The highest BCUT2D eigenvalue weighted by atomic mass is 16.5. The Labute approximate surface area is 111 Å². The number of amides is 1. The normalized spacial score (nSPS) is 17.6. The van der Waals surface area contributed by atoms with Crippen LogP contribution in [0.3, 0.4) is 0 Å². The van der Waals surface area contributed by atoms with E-state index in [0.29, 0.717) is 12.3 Å². The lowest BCUT2D eigenvalue weighted by molar-refractivity contribution is -0.128. The van der Waals surface area contributed by atoms with Crippen molar-refractivity contribution in [2.24, 2.45) is 0 Å². The highest BCUT2D eigenvalue weighted by molar-refractivity contribution is 5.95. The van der Waals surface area contributed by atoms with Gasteiger partial charge < -0.3 is 10.1 Å². The van der Waals surface area contributed by atoms with Gasteiger partial charge in [-0.1, -0.05) is 24.3 Å². The van der Waals surface area contributed by atoms with Gasteiger partial charge in [0.2, 0.25) is 0 Å². The van der Waals surface area contributed by atoms with E-state index >= 15 is 0 Å². The summed E-state index contributed by atoms with van der Waals surface area (Å²) in [4.78, 5) is 16.2. The van der Waals surface area contributed by atoms with Crippen molar-refractivity contribution in [1.29, 1.82) is 0 Å². The van der Waals surface area contributed by atoms with Gasteiger partial charge in [0.25, 0.3) is 5.91 Å². The molecule has 0 spiro atoms. The van der Waals surface area contributed by atoms with Crippen molar-refractivity contribution >= 4 is 11.6 Å². The summed E-state index contributed by atoms with van der Waals surface area (Å²) in [7, 11) is 0. The maximum Gasteiger partial charge on any atom is 0.258 e. The third kappa shape index (κ3) is 2.48. The number of rotatable bonds is 2. The third-order valence-corrected chi connectivity index (χ3v) is 3.16. The van der Waals surface area contributed by atoms with Crippen LogP contribution < -0.4 is 5.32 Å². The zero-order chi connectivity index (χ0) is 13.1. The smallest absolute Gasteiger partial charge is 0.258 e. The minimum Gasteiger partial charge on any atom is -0.363 e. The first-order valence-electron chi connectivity index (χ1n) is 6.25. The minimum atomic E-state index is -0.537. The molecule has 0 bridgehead atoms. The highest BCUT2D eigenvalue weighted by Crippen LogP contribution is 2.27. The summed E-state index contributed by atoms with van der Waals surface area (Å²) in [6.07, 6.45) is 3.60. The van der Waals surface area contributed by atoms with Gasteiger partial charge >= 0.3 is 0 Å². The van der Waals surface area contributed by atoms with E-state index in [4.69, 9.17) is 4.74 Å². The number of aromatic nitrogens is 1. The van der Waals surface area contributed by atoms with Gasteiger partial charge in [-0.25, -0.2) is 0 Å². The molecule has 2 aromatic rings. The van der Waals surface area contributed by atoms with Crippen LogP contribution in [-0.2, 0) is 16.0 Å². The summed E-state index contributed by atoms with van der Waals surface area (Å²) in [6, 6.07) is 11.5. The summed E-state index contributed by atoms with van der Waals surface area (Å²) in [5.74, 6) is -0.153. The predicted molar refractivity (Wildman–Crippen MR) is 71.7 cm³/mol. The van der Waals surface area contributed by atoms with Crippen LogP contribution in [-0.4, -0.2) is 17.5 Å². The van der Waals surface area contributed by atoms with E-state index in [0.717, 1.165) is 12.0 Å². The Kier molecular flexibility index (Phi) is 3.25. The zero-order valence-corrected chi connectivity index (χ0v) is 10.4. The van der Waals surface area contributed by atoms with Gasteiger partial charge in [-0.15, -0.1) is 0 Å². The first-order valence-corrected chi connectivity index (χ1v) is 6.25. The summed E-state index contributed by atoms with van der Waals surface area (Å²) in [5, 5.41) is 2.83. The SMILES string of the molecule is O=C(Nc1cccnc1)[C@H]1OCCc2ccccc21. The van der Waals surface area contributed by atoms with Crippen molar-refractivity contribution in [3.05, 3.63) is 59.9 Å². The van der Waals surface area contributed by atoms with Crippen molar-refractivity contribution in [3.8, 4) is 0 Å². The van der Waals surface area contributed by atoms with Crippen LogP contribution in [0.15, 0.2) is 48.8 Å². The number of carbonyl (C=O) groups is 1. The largest absolute Gasteiger partial charge is 0.363 e. The number of benzene rings is 1. The standard InChI is InChI=1S/C15H14N2O2/c18-15(17-12-5-3-8-16-10-12)14-13-6-2-1-4-11(13)7-9-19-14/h1-6,8,10,14H,7,9H2,(H,17,18)/t14-/m0/s1. The lowest BCUT2D eigenvalue weighted by Crippen LogP contribution is -2.28. The second kappa shape index (κ2) is 5.20. The van der Waals surface area contributed by atoms with Crippen LogP contribution in [0.1, 0.15) is 17.2 Å². The van der Waals surface area contributed by atoms with Crippen LogP contribution in [0.2, 0.25) is 0 Å². The van der Waals surface area contributed by atoms with Crippen LogP contribution in [0, 0.1) is 0 Å². The fraction of sp³-hybridized carbons (Fsp3) is 0.200. The molecule has 0 fully saturated rings. The number of fused-ring (bicyclic) bond motifs is 1. The predicted octanol–water partition coefficient (Wildman–Crippen LogP) is 2.33. The highest BCUT2D eigenvalue weighted by Gasteiger charge is 2.27. The molecule has 0 saturated carbocycles. The molecule has 4 nitrogen and oxygen atoms in total. The van der Waals surface area contributed by atoms with Gasteiger partial charge in [0.1, 0.15) is 0 Å². The summed E-state index contributed by atoms with van der Waals surface area (Å²) < 4.78 is 5.61. The molecule has 1 aliphatic heterocycles. The second-order valence-corrected chi connectivity index (χ2v) is 4.43.